The summed E-state index contributed by atoms with van der Waals surface area (Å²) in [5.41, 5.74) is 2.48. The Kier molecular flexibility index (Phi) is 5.95. The quantitative estimate of drug-likeness (QED) is 0.372. The van der Waals surface area contributed by atoms with E-state index in [0.717, 1.165) is 18.7 Å². The number of hydrogen-bond acceptors (Lipinski definition) is 0. The molecule has 1 aromatic carbocycles. The van der Waals surface area contributed by atoms with E-state index in [4.69, 9.17) is 11.6 Å². The molecule has 0 aromatic heterocycles. The van der Waals surface area contributed by atoms with Crippen LogP contribution in [0, 0.1) is 0 Å². The number of alkyl halides is 1. The minimum atomic E-state index is 0.330. The van der Waals surface area contributed by atoms with Crippen LogP contribution in [0.2, 0.25) is 0 Å². The molecule has 0 saturated carbocycles. The highest BCUT2D eigenvalue weighted by atomic mass is 35.5. The molecular weight excluding hydrogens is 216 g/mol. The fourth-order valence-corrected chi connectivity index (χ4v) is 1.80. The monoisotopic (exact) mass is 234 g/mol. The second kappa shape index (κ2) is 7.29. The van der Waals surface area contributed by atoms with Crippen molar-refractivity contribution in [3.8, 4) is 0 Å². The van der Waals surface area contributed by atoms with Gasteiger partial charge in [-0.25, -0.2) is 0 Å². The van der Waals surface area contributed by atoms with Gasteiger partial charge in [0.05, 0.1) is 0 Å². The van der Waals surface area contributed by atoms with Gasteiger partial charge >= 0.3 is 0 Å². The van der Waals surface area contributed by atoms with Gasteiger partial charge in [0.1, 0.15) is 0 Å². The van der Waals surface area contributed by atoms with Gasteiger partial charge in [-0.1, -0.05) is 54.6 Å². The van der Waals surface area contributed by atoms with Gasteiger partial charge in [-0.05, 0) is 25.3 Å². The van der Waals surface area contributed by atoms with Crippen LogP contribution in [-0.4, -0.2) is 5.88 Å². The van der Waals surface area contributed by atoms with E-state index in [9.17, 15) is 0 Å². The van der Waals surface area contributed by atoms with Crippen molar-refractivity contribution in [1.29, 1.82) is 0 Å². The Hall–Kier alpha value is -1.01. The summed E-state index contributed by atoms with van der Waals surface area (Å²) in [4.78, 5) is 0. The van der Waals surface area contributed by atoms with E-state index in [0.29, 0.717) is 5.92 Å². The molecule has 1 heteroatoms. The molecule has 0 unspecified atom stereocenters. The fourth-order valence-electron chi connectivity index (χ4n) is 1.65. The van der Waals surface area contributed by atoms with Gasteiger partial charge in [0.2, 0.25) is 0 Å². The molecule has 16 heavy (non-hydrogen) atoms. The van der Waals surface area contributed by atoms with E-state index < -0.39 is 0 Å². The highest BCUT2D eigenvalue weighted by Gasteiger charge is 2.07. The van der Waals surface area contributed by atoms with Crippen LogP contribution in [0.5, 0.6) is 0 Å². The molecule has 0 spiro atoms. The van der Waals surface area contributed by atoms with Crippen molar-refractivity contribution in [3.05, 3.63) is 60.2 Å². The standard InChI is InChI=1S/C15H19Cl/c1-13(2)15(11-7-4-8-12-16)14-9-5-3-6-10-14/h3,5-7,9-11,15H,1,4,8,12H2,2H3/b11-7+/t15-/m0/s1. The molecular formula is C15H19Cl. The van der Waals surface area contributed by atoms with Gasteiger partial charge in [-0.15, -0.1) is 11.6 Å². The van der Waals surface area contributed by atoms with Crippen molar-refractivity contribution in [2.75, 3.05) is 5.88 Å². The summed E-state index contributed by atoms with van der Waals surface area (Å²) in [7, 11) is 0. The largest absolute Gasteiger partial charge is 0.127 e. The van der Waals surface area contributed by atoms with Crippen molar-refractivity contribution in [2.45, 2.75) is 25.7 Å². The molecule has 0 aliphatic rings. The molecule has 0 N–H and O–H groups in total. The molecule has 0 aliphatic heterocycles. The van der Waals surface area contributed by atoms with Crippen LogP contribution in [-0.2, 0) is 0 Å². The molecule has 1 rings (SSSR count). The minimum absolute atomic E-state index is 0.330. The SMILES string of the molecule is C=C(C)[C@H](/C=C/CCCCl)c1ccccc1. The van der Waals surface area contributed by atoms with Crippen LogP contribution < -0.4 is 0 Å². The average molecular weight is 235 g/mol. The number of halogens is 1. The van der Waals surface area contributed by atoms with Crippen LogP contribution in [0.25, 0.3) is 0 Å². The Morgan fingerprint density at radius 1 is 1.38 bits per heavy atom. The Balaban J connectivity index is 2.69. The molecule has 0 fully saturated rings. The van der Waals surface area contributed by atoms with Crippen molar-refractivity contribution in [1.82, 2.24) is 0 Å². The Morgan fingerprint density at radius 3 is 2.62 bits per heavy atom. The van der Waals surface area contributed by atoms with Crippen LogP contribution in [0.3, 0.4) is 0 Å². The summed E-state index contributed by atoms with van der Waals surface area (Å²) < 4.78 is 0. The fraction of sp³-hybridized carbons (Fsp3) is 0.333. The summed E-state index contributed by atoms with van der Waals surface area (Å²) in [6.07, 6.45) is 6.51. The molecule has 0 amide bonds. The predicted molar refractivity (Wildman–Crippen MR) is 73.1 cm³/mol. The third kappa shape index (κ3) is 4.24. The van der Waals surface area contributed by atoms with Crippen molar-refractivity contribution in [2.24, 2.45) is 0 Å². The molecule has 0 saturated heterocycles. The van der Waals surface area contributed by atoms with Crippen LogP contribution in [0.15, 0.2) is 54.6 Å². The first-order chi connectivity index (χ1) is 7.75. The van der Waals surface area contributed by atoms with Crippen molar-refractivity contribution >= 4 is 11.6 Å². The number of allylic oxidation sites excluding steroid dienone is 3. The maximum absolute atomic E-state index is 5.64. The minimum Gasteiger partial charge on any atom is -0.127 e. The first-order valence-electron chi connectivity index (χ1n) is 5.68. The Morgan fingerprint density at radius 2 is 2.06 bits per heavy atom. The second-order valence-electron chi connectivity index (χ2n) is 3.99. The molecule has 1 atom stereocenters. The lowest BCUT2D eigenvalue weighted by Crippen LogP contribution is -1.95. The summed E-state index contributed by atoms with van der Waals surface area (Å²) in [6.45, 7) is 6.13. The van der Waals surface area contributed by atoms with Gasteiger partial charge in [0.15, 0.2) is 0 Å². The highest BCUT2D eigenvalue weighted by molar-refractivity contribution is 6.17. The second-order valence-corrected chi connectivity index (χ2v) is 4.37. The first kappa shape index (κ1) is 13.1. The molecule has 0 heterocycles. The zero-order valence-electron chi connectivity index (χ0n) is 9.83. The van der Waals surface area contributed by atoms with E-state index >= 15 is 0 Å². The predicted octanol–water partition coefficient (Wildman–Crippen LogP) is 4.92. The molecule has 86 valence electrons. The molecule has 0 radical (unpaired) electrons. The number of benzene rings is 1. The van der Waals surface area contributed by atoms with Crippen LogP contribution >= 0.6 is 11.6 Å². The lowest BCUT2D eigenvalue weighted by atomic mass is 9.92. The van der Waals surface area contributed by atoms with E-state index in [1.807, 2.05) is 6.07 Å². The Bertz CT molecular complexity index is 338. The highest BCUT2D eigenvalue weighted by Crippen LogP contribution is 2.24. The van der Waals surface area contributed by atoms with Crippen LogP contribution in [0.1, 0.15) is 31.2 Å². The number of hydrogen-bond donors (Lipinski definition) is 0. The smallest absolute Gasteiger partial charge is 0.0226 e. The molecule has 0 bridgehead atoms. The molecule has 0 aliphatic carbocycles. The zero-order chi connectivity index (χ0) is 11.8. The number of unbranched alkanes of at least 4 members (excludes halogenated alkanes) is 1. The number of rotatable bonds is 6. The third-order valence-electron chi connectivity index (χ3n) is 2.52. The average Bonchev–Trinajstić information content (AvgIpc) is 2.30. The molecule has 0 nitrogen and oxygen atoms in total. The summed E-state index contributed by atoms with van der Waals surface area (Å²) in [5, 5.41) is 0. The maximum atomic E-state index is 5.64. The van der Waals surface area contributed by atoms with Gasteiger partial charge in [0, 0.05) is 11.8 Å². The summed E-state index contributed by atoms with van der Waals surface area (Å²) in [6, 6.07) is 10.5. The topological polar surface area (TPSA) is 0 Å². The van der Waals surface area contributed by atoms with E-state index in [2.05, 4.69) is 49.9 Å². The van der Waals surface area contributed by atoms with E-state index in [-0.39, 0.29) is 0 Å². The lowest BCUT2D eigenvalue weighted by Gasteiger charge is -2.12. The lowest BCUT2D eigenvalue weighted by molar-refractivity contribution is 0.935. The van der Waals surface area contributed by atoms with E-state index in [1.165, 1.54) is 11.1 Å². The van der Waals surface area contributed by atoms with Gasteiger partial charge in [-0.2, -0.15) is 0 Å². The maximum Gasteiger partial charge on any atom is 0.0226 e. The van der Waals surface area contributed by atoms with Crippen LogP contribution in [0.4, 0.5) is 0 Å². The zero-order valence-corrected chi connectivity index (χ0v) is 10.6. The normalized spacial score (nSPS) is 12.9. The molecule has 1 aromatic rings. The first-order valence-corrected chi connectivity index (χ1v) is 6.22. The van der Waals surface area contributed by atoms with Gasteiger partial charge < -0.3 is 0 Å². The summed E-state index contributed by atoms with van der Waals surface area (Å²) in [5.74, 6) is 1.06. The third-order valence-corrected chi connectivity index (χ3v) is 2.79. The van der Waals surface area contributed by atoms with E-state index in [1.54, 1.807) is 0 Å². The van der Waals surface area contributed by atoms with Crippen molar-refractivity contribution in [3.63, 3.8) is 0 Å². The van der Waals surface area contributed by atoms with Gasteiger partial charge in [0.25, 0.3) is 0 Å². The van der Waals surface area contributed by atoms with Gasteiger partial charge in [-0.3, -0.25) is 0 Å². The van der Waals surface area contributed by atoms with Crippen molar-refractivity contribution < 1.29 is 0 Å². The Labute approximate surface area is 104 Å². The summed E-state index contributed by atoms with van der Waals surface area (Å²) >= 11 is 5.64.